The molecule has 2 aromatic carbocycles. The molecular weight excluding hydrogens is 430 g/mol. The van der Waals surface area contributed by atoms with E-state index in [9.17, 15) is 4.79 Å². The Balaban J connectivity index is 1.45. The molecule has 27 heavy (non-hydrogen) atoms. The number of halogens is 1. The van der Waals surface area contributed by atoms with Crippen LogP contribution in [-0.4, -0.2) is 27.5 Å². The second kappa shape index (κ2) is 7.66. The van der Waals surface area contributed by atoms with Crippen LogP contribution in [0.1, 0.15) is 6.92 Å². The summed E-state index contributed by atoms with van der Waals surface area (Å²) < 4.78 is 13.6. The molecule has 1 atom stereocenters. The van der Waals surface area contributed by atoms with Crippen molar-refractivity contribution in [1.82, 2.24) is 9.55 Å². The van der Waals surface area contributed by atoms with Crippen LogP contribution >= 0.6 is 27.7 Å². The number of nitrogens with one attached hydrogen (secondary N) is 1. The Hall–Kier alpha value is -2.45. The third-order valence-electron chi connectivity index (χ3n) is 4.00. The number of rotatable bonds is 5. The lowest BCUT2D eigenvalue weighted by atomic mass is 10.2. The molecule has 1 aromatic heterocycles. The average Bonchev–Trinajstić information content (AvgIpc) is 3.31. The fraction of sp³-hybridized carbons (Fsp3) is 0.158. The molecule has 6 nitrogen and oxygen atoms in total. The highest BCUT2D eigenvalue weighted by atomic mass is 79.9. The first-order valence-corrected chi connectivity index (χ1v) is 9.94. The van der Waals surface area contributed by atoms with Crippen LogP contribution in [0.4, 0.5) is 5.69 Å². The lowest BCUT2D eigenvalue weighted by Gasteiger charge is -2.13. The Kier molecular flexibility index (Phi) is 5.09. The molecule has 4 rings (SSSR count). The first kappa shape index (κ1) is 17.9. The van der Waals surface area contributed by atoms with Gasteiger partial charge in [-0.3, -0.25) is 9.36 Å². The van der Waals surface area contributed by atoms with Gasteiger partial charge in [-0.15, -0.1) is 0 Å². The van der Waals surface area contributed by atoms with Gasteiger partial charge in [0, 0.05) is 34.3 Å². The van der Waals surface area contributed by atoms with Gasteiger partial charge in [0.2, 0.25) is 12.7 Å². The van der Waals surface area contributed by atoms with Crippen LogP contribution in [0.25, 0.3) is 5.69 Å². The first-order valence-electron chi connectivity index (χ1n) is 8.26. The van der Waals surface area contributed by atoms with Crippen LogP contribution in [-0.2, 0) is 4.79 Å². The maximum atomic E-state index is 12.6. The SMILES string of the molecule is CC(Sc1nccn1-c1ccc(Br)cc1)C(=O)Nc1ccc2c(c1)OCO2. The molecule has 1 aliphatic heterocycles. The quantitative estimate of drug-likeness (QED) is 0.586. The number of benzene rings is 2. The highest BCUT2D eigenvalue weighted by molar-refractivity contribution is 9.10. The zero-order valence-corrected chi connectivity index (χ0v) is 16.8. The molecule has 0 saturated carbocycles. The van der Waals surface area contributed by atoms with Gasteiger partial charge in [0.05, 0.1) is 5.25 Å². The molecule has 0 spiro atoms. The number of hydrogen-bond donors (Lipinski definition) is 1. The van der Waals surface area contributed by atoms with E-state index in [2.05, 4.69) is 26.2 Å². The minimum atomic E-state index is -0.327. The molecule has 0 saturated heterocycles. The van der Waals surface area contributed by atoms with Crippen molar-refractivity contribution in [1.29, 1.82) is 0 Å². The van der Waals surface area contributed by atoms with Crippen LogP contribution < -0.4 is 14.8 Å². The Morgan fingerprint density at radius 1 is 1.22 bits per heavy atom. The lowest BCUT2D eigenvalue weighted by molar-refractivity contribution is -0.115. The number of imidazole rings is 1. The van der Waals surface area contributed by atoms with Gasteiger partial charge in [-0.2, -0.15) is 0 Å². The maximum absolute atomic E-state index is 12.6. The number of carbonyl (C=O) groups is 1. The summed E-state index contributed by atoms with van der Waals surface area (Å²) in [7, 11) is 0. The lowest BCUT2D eigenvalue weighted by Crippen LogP contribution is -2.22. The minimum Gasteiger partial charge on any atom is -0.454 e. The van der Waals surface area contributed by atoms with Gasteiger partial charge in [0.1, 0.15) is 0 Å². The molecule has 0 bridgehead atoms. The van der Waals surface area contributed by atoms with Gasteiger partial charge >= 0.3 is 0 Å². The van der Waals surface area contributed by atoms with Gasteiger partial charge in [-0.1, -0.05) is 27.7 Å². The molecule has 1 aliphatic rings. The number of fused-ring (bicyclic) bond motifs is 1. The summed E-state index contributed by atoms with van der Waals surface area (Å²) in [5.41, 5.74) is 1.66. The Labute approximate surface area is 169 Å². The van der Waals surface area contributed by atoms with Crippen molar-refractivity contribution < 1.29 is 14.3 Å². The summed E-state index contributed by atoms with van der Waals surface area (Å²) in [6.07, 6.45) is 3.61. The Morgan fingerprint density at radius 2 is 2.00 bits per heavy atom. The van der Waals surface area contributed by atoms with Crippen molar-refractivity contribution in [3.05, 3.63) is 59.3 Å². The fourth-order valence-corrected chi connectivity index (χ4v) is 3.75. The second-order valence-corrected chi connectivity index (χ2v) is 8.10. The monoisotopic (exact) mass is 445 g/mol. The number of aromatic nitrogens is 2. The van der Waals surface area contributed by atoms with E-state index in [1.807, 2.05) is 42.0 Å². The third-order valence-corrected chi connectivity index (χ3v) is 5.61. The van der Waals surface area contributed by atoms with E-state index in [4.69, 9.17) is 9.47 Å². The van der Waals surface area contributed by atoms with E-state index in [0.29, 0.717) is 17.2 Å². The molecule has 1 amide bonds. The zero-order chi connectivity index (χ0) is 18.8. The maximum Gasteiger partial charge on any atom is 0.237 e. The number of hydrogen-bond acceptors (Lipinski definition) is 5. The summed E-state index contributed by atoms with van der Waals surface area (Å²) in [6.45, 7) is 2.06. The van der Waals surface area contributed by atoms with Crippen molar-refractivity contribution in [2.24, 2.45) is 0 Å². The molecule has 138 valence electrons. The summed E-state index contributed by atoms with van der Waals surface area (Å²) >= 11 is 4.84. The number of ether oxygens (including phenoxy) is 2. The normalized spacial score (nSPS) is 13.4. The number of amides is 1. The van der Waals surface area contributed by atoms with E-state index < -0.39 is 0 Å². The summed E-state index contributed by atoms with van der Waals surface area (Å²) in [4.78, 5) is 17.0. The predicted molar refractivity (Wildman–Crippen MR) is 108 cm³/mol. The van der Waals surface area contributed by atoms with Gasteiger partial charge in [0.15, 0.2) is 16.7 Å². The third kappa shape index (κ3) is 3.96. The highest BCUT2D eigenvalue weighted by Crippen LogP contribution is 2.34. The largest absolute Gasteiger partial charge is 0.454 e. The van der Waals surface area contributed by atoms with Gasteiger partial charge in [-0.05, 0) is 43.3 Å². The molecule has 0 radical (unpaired) electrons. The van der Waals surface area contributed by atoms with Crippen LogP contribution in [0.15, 0.2) is 64.5 Å². The molecule has 0 aliphatic carbocycles. The van der Waals surface area contributed by atoms with Crippen molar-refractivity contribution in [3.8, 4) is 17.2 Å². The van der Waals surface area contributed by atoms with Crippen molar-refractivity contribution in [2.75, 3.05) is 12.1 Å². The Bertz CT molecular complexity index is 975. The topological polar surface area (TPSA) is 65.4 Å². The molecular formula is C19H16BrN3O3S. The minimum absolute atomic E-state index is 0.107. The Morgan fingerprint density at radius 3 is 2.81 bits per heavy atom. The zero-order valence-electron chi connectivity index (χ0n) is 14.4. The van der Waals surface area contributed by atoms with Crippen molar-refractivity contribution >= 4 is 39.3 Å². The predicted octanol–water partition coefficient (Wildman–Crippen LogP) is 4.48. The number of anilines is 1. The second-order valence-electron chi connectivity index (χ2n) is 5.87. The number of carbonyl (C=O) groups excluding carboxylic acids is 1. The first-order chi connectivity index (χ1) is 13.1. The smallest absolute Gasteiger partial charge is 0.237 e. The van der Waals surface area contributed by atoms with Gasteiger partial charge in [0.25, 0.3) is 0 Å². The van der Waals surface area contributed by atoms with E-state index in [1.54, 1.807) is 24.4 Å². The summed E-state index contributed by atoms with van der Waals surface area (Å²) in [6, 6.07) is 13.3. The van der Waals surface area contributed by atoms with Crippen molar-refractivity contribution in [2.45, 2.75) is 17.3 Å². The summed E-state index contributed by atoms with van der Waals surface area (Å²) in [5.74, 6) is 1.22. The molecule has 0 fully saturated rings. The molecule has 1 unspecified atom stereocenters. The van der Waals surface area contributed by atoms with Crippen LogP contribution in [0, 0.1) is 0 Å². The van der Waals surface area contributed by atoms with Gasteiger partial charge < -0.3 is 14.8 Å². The van der Waals surface area contributed by atoms with Crippen molar-refractivity contribution in [3.63, 3.8) is 0 Å². The standard InChI is InChI=1S/C19H16BrN3O3S/c1-12(18(24)22-14-4-7-16-17(10-14)26-11-25-16)27-19-21-8-9-23(19)15-5-2-13(20)3-6-15/h2-10,12H,11H2,1H3,(H,22,24). The van der Waals surface area contributed by atoms with E-state index in [0.717, 1.165) is 15.3 Å². The van der Waals surface area contributed by atoms with Crippen LogP contribution in [0.3, 0.4) is 0 Å². The molecule has 8 heteroatoms. The molecule has 1 N–H and O–H groups in total. The van der Waals surface area contributed by atoms with Crippen LogP contribution in [0.5, 0.6) is 11.5 Å². The van der Waals surface area contributed by atoms with E-state index in [1.165, 1.54) is 11.8 Å². The molecule has 3 aromatic rings. The molecule has 2 heterocycles. The van der Waals surface area contributed by atoms with E-state index in [-0.39, 0.29) is 18.0 Å². The number of nitrogens with zero attached hydrogens (tertiary/aromatic N) is 2. The van der Waals surface area contributed by atoms with E-state index >= 15 is 0 Å². The van der Waals surface area contributed by atoms with Gasteiger partial charge in [-0.25, -0.2) is 4.98 Å². The fourth-order valence-electron chi connectivity index (χ4n) is 2.60. The average molecular weight is 446 g/mol. The van der Waals surface area contributed by atoms with Crippen LogP contribution in [0.2, 0.25) is 0 Å². The number of thioether (sulfide) groups is 1. The highest BCUT2D eigenvalue weighted by Gasteiger charge is 2.19. The summed E-state index contributed by atoms with van der Waals surface area (Å²) in [5, 5.41) is 3.34.